The molecule has 3 N–H and O–H groups in total. The zero-order chi connectivity index (χ0) is 30.7. The van der Waals surface area contributed by atoms with E-state index in [2.05, 4.69) is 10.6 Å². The first-order chi connectivity index (χ1) is 19.8. The number of carbonyl (C=O) groups excluding carboxylic acids is 3. The van der Waals surface area contributed by atoms with Crippen molar-refractivity contribution in [1.29, 1.82) is 0 Å². The Morgan fingerprint density at radius 3 is 2.36 bits per heavy atom. The molecule has 2 aromatic carbocycles. The molecule has 1 aliphatic rings. The number of nitrogens with zero attached hydrogens (tertiary/aromatic N) is 2. The van der Waals surface area contributed by atoms with Crippen molar-refractivity contribution in [3.8, 4) is 0 Å². The van der Waals surface area contributed by atoms with Crippen LogP contribution in [-0.2, 0) is 35.8 Å². The van der Waals surface area contributed by atoms with Crippen LogP contribution in [0.2, 0.25) is 0 Å². The lowest BCUT2D eigenvalue weighted by molar-refractivity contribution is -0.147. The van der Waals surface area contributed by atoms with Crippen LogP contribution in [0.4, 0.5) is 13.2 Å². The molecule has 1 aliphatic heterocycles. The maximum atomic E-state index is 13.8. The Hall–Kier alpha value is -3.77. The minimum Gasteiger partial charge on any atom is -0.381 e. The van der Waals surface area contributed by atoms with Gasteiger partial charge in [0.1, 0.15) is 11.7 Å². The van der Waals surface area contributed by atoms with Crippen molar-refractivity contribution in [2.24, 2.45) is 7.05 Å². The van der Waals surface area contributed by atoms with Crippen LogP contribution in [0.5, 0.6) is 0 Å². The van der Waals surface area contributed by atoms with Gasteiger partial charge in [-0.3, -0.25) is 14.4 Å². The Kier molecular flexibility index (Phi) is 9.37. The first-order valence-electron chi connectivity index (χ1n) is 13.3. The first-order valence-corrected chi connectivity index (χ1v) is 14.3. The van der Waals surface area contributed by atoms with Gasteiger partial charge in [-0.15, -0.1) is 11.8 Å². The fourth-order valence-electron chi connectivity index (χ4n) is 5.03. The number of benzene rings is 2. The molecule has 0 spiro atoms. The van der Waals surface area contributed by atoms with Crippen molar-refractivity contribution in [3.05, 3.63) is 95.3 Å². The van der Waals surface area contributed by atoms with Gasteiger partial charge in [-0.2, -0.15) is 13.2 Å². The van der Waals surface area contributed by atoms with Gasteiger partial charge in [-0.1, -0.05) is 48.5 Å². The minimum absolute atomic E-state index is 0.0733. The summed E-state index contributed by atoms with van der Waals surface area (Å²) < 4.78 is 41.2. The molecule has 1 aromatic heterocycles. The summed E-state index contributed by atoms with van der Waals surface area (Å²) in [6.45, 7) is 3.12. The summed E-state index contributed by atoms with van der Waals surface area (Å²) in [5.74, 6) is -1.82. The topological polar surface area (TPSA) is 104 Å². The van der Waals surface area contributed by atoms with Gasteiger partial charge < -0.3 is 25.2 Å². The average Bonchev–Trinajstić information content (AvgIpc) is 3.52. The van der Waals surface area contributed by atoms with Crippen molar-refractivity contribution < 1.29 is 32.7 Å². The predicted octanol–water partition coefficient (Wildman–Crippen LogP) is 3.74. The molecule has 0 radical (unpaired) electrons. The van der Waals surface area contributed by atoms with E-state index < -0.39 is 52.4 Å². The third-order valence-corrected chi connectivity index (χ3v) is 8.65. The molecule has 42 heavy (non-hydrogen) atoms. The Morgan fingerprint density at radius 1 is 1.05 bits per heavy atom. The molecule has 3 atom stereocenters. The maximum absolute atomic E-state index is 13.8. The molecule has 0 saturated carbocycles. The average molecular weight is 603 g/mol. The standard InChI is InChI=1S/C30H33F3N4O4S/c1-29(2)25(27(40)34-17-20-12-7-8-13-21(20)30(31,32)33)37(18-42-29)28(41)24(38)22(16-19-10-5-4-6-11-19)35-26(39)23-14-9-15-36(23)3/h4-15,22,24-25,38H,16-18H2,1-3H3,(H,34,40)(H,35,39)/t22-,24-,25?/m0/s1. The van der Waals surface area contributed by atoms with Crippen LogP contribution in [0, 0.1) is 0 Å². The highest BCUT2D eigenvalue weighted by molar-refractivity contribution is 8.00. The molecular formula is C30H33F3N4O4S. The summed E-state index contributed by atoms with van der Waals surface area (Å²) in [5.41, 5.74) is 0.148. The summed E-state index contributed by atoms with van der Waals surface area (Å²) in [7, 11) is 1.70. The second kappa shape index (κ2) is 12.6. The number of amides is 3. The number of aliphatic hydroxyl groups excluding tert-OH is 1. The summed E-state index contributed by atoms with van der Waals surface area (Å²) in [4.78, 5) is 41.4. The number of aryl methyl sites for hydroxylation is 1. The van der Waals surface area contributed by atoms with E-state index in [0.717, 1.165) is 11.6 Å². The molecule has 2 heterocycles. The molecule has 1 fully saturated rings. The highest BCUT2D eigenvalue weighted by atomic mass is 32.2. The van der Waals surface area contributed by atoms with Crippen LogP contribution in [-0.4, -0.2) is 61.1 Å². The predicted molar refractivity (Wildman–Crippen MR) is 153 cm³/mol. The van der Waals surface area contributed by atoms with E-state index in [9.17, 15) is 32.7 Å². The number of rotatable bonds is 9. The molecule has 12 heteroatoms. The van der Waals surface area contributed by atoms with Crippen LogP contribution in [0.25, 0.3) is 0 Å². The second-order valence-corrected chi connectivity index (χ2v) is 12.3. The Bertz CT molecular complexity index is 1430. The number of hydrogen-bond acceptors (Lipinski definition) is 5. The van der Waals surface area contributed by atoms with E-state index >= 15 is 0 Å². The lowest BCUT2D eigenvalue weighted by Gasteiger charge is -2.33. The highest BCUT2D eigenvalue weighted by Gasteiger charge is 2.50. The van der Waals surface area contributed by atoms with Gasteiger partial charge in [0.2, 0.25) is 5.91 Å². The van der Waals surface area contributed by atoms with Crippen LogP contribution in [0.15, 0.2) is 72.9 Å². The number of aromatic nitrogens is 1. The molecular weight excluding hydrogens is 569 g/mol. The Balaban J connectivity index is 1.54. The van der Waals surface area contributed by atoms with Crippen molar-refractivity contribution in [2.75, 3.05) is 5.88 Å². The number of carbonyl (C=O) groups is 3. The minimum atomic E-state index is -4.59. The molecule has 3 amide bonds. The molecule has 224 valence electrons. The van der Waals surface area contributed by atoms with Crippen molar-refractivity contribution >= 4 is 29.5 Å². The summed E-state index contributed by atoms with van der Waals surface area (Å²) >= 11 is 1.31. The van der Waals surface area contributed by atoms with E-state index in [0.29, 0.717) is 5.69 Å². The molecule has 4 rings (SSSR count). The van der Waals surface area contributed by atoms with Crippen molar-refractivity contribution in [3.63, 3.8) is 0 Å². The van der Waals surface area contributed by atoms with Gasteiger partial charge in [0.15, 0.2) is 6.10 Å². The maximum Gasteiger partial charge on any atom is 0.416 e. The zero-order valence-electron chi connectivity index (χ0n) is 23.4. The number of thioether (sulfide) groups is 1. The number of hydrogen-bond donors (Lipinski definition) is 3. The van der Waals surface area contributed by atoms with Gasteiger partial charge in [-0.05, 0) is 49.6 Å². The smallest absolute Gasteiger partial charge is 0.381 e. The summed E-state index contributed by atoms with van der Waals surface area (Å²) in [6.07, 6.45) is -4.46. The highest BCUT2D eigenvalue weighted by Crippen LogP contribution is 2.40. The van der Waals surface area contributed by atoms with Gasteiger partial charge in [0.25, 0.3) is 11.8 Å². The van der Waals surface area contributed by atoms with Crippen LogP contribution in [0.3, 0.4) is 0 Å². The number of halogens is 3. The lowest BCUT2D eigenvalue weighted by atomic mass is 9.97. The zero-order valence-corrected chi connectivity index (χ0v) is 24.2. The normalized spacial score (nSPS) is 17.9. The van der Waals surface area contributed by atoms with Gasteiger partial charge in [-0.25, -0.2) is 0 Å². The molecule has 1 unspecified atom stereocenters. The Morgan fingerprint density at radius 2 is 1.71 bits per heavy atom. The first kappa shape index (κ1) is 31.2. The lowest BCUT2D eigenvalue weighted by Crippen LogP contribution is -2.58. The number of alkyl halides is 3. The number of aliphatic hydroxyl groups is 1. The Labute approximate surface area is 246 Å². The van der Waals surface area contributed by atoms with E-state index in [1.54, 1.807) is 55.9 Å². The third kappa shape index (κ3) is 6.99. The molecule has 3 aromatic rings. The fourth-order valence-corrected chi connectivity index (χ4v) is 6.17. The monoisotopic (exact) mass is 602 g/mol. The SMILES string of the molecule is Cn1cccc1C(=O)N[C@@H](Cc1ccccc1)[C@H](O)C(=O)N1CSC(C)(C)C1C(=O)NCc1ccccc1C(F)(F)F. The van der Waals surface area contributed by atoms with Gasteiger partial charge >= 0.3 is 6.18 Å². The molecule has 0 bridgehead atoms. The van der Waals surface area contributed by atoms with E-state index in [4.69, 9.17) is 0 Å². The van der Waals surface area contributed by atoms with Crippen LogP contribution >= 0.6 is 11.8 Å². The summed E-state index contributed by atoms with van der Waals surface area (Å²) in [6, 6.07) is 15.2. The summed E-state index contributed by atoms with van der Waals surface area (Å²) in [5, 5.41) is 16.7. The third-order valence-electron chi connectivity index (χ3n) is 7.28. The largest absolute Gasteiger partial charge is 0.416 e. The van der Waals surface area contributed by atoms with Crippen molar-refractivity contribution in [1.82, 2.24) is 20.1 Å². The van der Waals surface area contributed by atoms with Crippen LogP contribution in [0.1, 0.15) is 41.0 Å². The fraction of sp³-hybridized carbons (Fsp3) is 0.367. The van der Waals surface area contributed by atoms with Crippen LogP contribution < -0.4 is 10.6 Å². The van der Waals surface area contributed by atoms with E-state index in [1.165, 1.54) is 34.9 Å². The van der Waals surface area contributed by atoms with E-state index in [-0.39, 0.29) is 24.4 Å². The van der Waals surface area contributed by atoms with Gasteiger partial charge in [0, 0.05) is 24.5 Å². The molecule has 0 aliphatic carbocycles. The van der Waals surface area contributed by atoms with E-state index in [1.807, 2.05) is 18.2 Å². The quantitative estimate of drug-likeness (QED) is 0.346. The molecule has 8 nitrogen and oxygen atoms in total. The number of nitrogens with one attached hydrogen (secondary N) is 2. The molecule has 1 saturated heterocycles. The second-order valence-electron chi connectivity index (χ2n) is 10.7. The van der Waals surface area contributed by atoms with Gasteiger partial charge in [0.05, 0.1) is 17.5 Å². The van der Waals surface area contributed by atoms with Crippen molar-refractivity contribution in [2.45, 2.75) is 55.9 Å².